The Kier molecular flexibility index (Phi) is 3.79. The number of halogens is 1. The van der Waals surface area contributed by atoms with Gasteiger partial charge in [0.1, 0.15) is 5.82 Å². The predicted octanol–water partition coefficient (Wildman–Crippen LogP) is 2.99. The molecule has 0 amide bonds. The molecule has 2 unspecified atom stereocenters. The van der Waals surface area contributed by atoms with Crippen molar-refractivity contribution in [1.82, 2.24) is 0 Å². The summed E-state index contributed by atoms with van der Waals surface area (Å²) in [5.41, 5.74) is 8.38. The molecule has 2 atom stereocenters. The van der Waals surface area contributed by atoms with Crippen LogP contribution in [-0.2, 0) is 12.8 Å². The van der Waals surface area contributed by atoms with Crippen LogP contribution < -0.4 is 5.73 Å². The minimum Gasteiger partial charge on any atom is -0.388 e. The molecular formula is C18H20FNO. The first-order valence-corrected chi connectivity index (χ1v) is 7.36. The van der Waals surface area contributed by atoms with E-state index in [0.29, 0.717) is 18.5 Å². The summed E-state index contributed by atoms with van der Waals surface area (Å²) >= 11 is 0. The second-order valence-corrected chi connectivity index (χ2v) is 5.94. The van der Waals surface area contributed by atoms with Crippen LogP contribution in [0.25, 0.3) is 0 Å². The lowest BCUT2D eigenvalue weighted by Crippen LogP contribution is -2.42. The van der Waals surface area contributed by atoms with Crippen molar-refractivity contribution in [3.05, 3.63) is 71.0 Å². The molecule has 3 N–H and O–H groups in total. The fraction of sp³-hybridized carbons (Fsp3) is 0.333. The molecule has 2 aromatic rings. The first-order valence-electron chi connectivity index (χ1n) is 7.36. The maximum absolute atomic E-state index is 14.0. The number of nitrogens with two attached hydrogens (primary N) is 1. The molecule has 0 aliphatic heterocycles. The number of aryl methyl sites for hydroxylation is 1. The van der Waals surface area contributed by atoms with Crippen molar-refractivity contribution < 1.29 is 9.50 Å². The minimum absolute atomic E-state index is 0.344. The number of rotatable bonds is 3. The summed E-state index contributed by atoms with van der Waals surface area (Å²) in [6.07, 6.45) is 1.46. The van der Waals surface area contributed by atoms with Crippen LogP contribution in [-0.4, -0.2) is 11.7 Å². The fourth-order valence-electron chi connectivity index (χ4n) is 3.37. The van der Waals surface area contributed by atoms with E-state index in [1.54, 1.807) is 18.2 Å². The van der Waals surface area contributed by atoms with E-state index in [2.05, 4.69) is 12.1 Å². The maximum Gasteiger partial charge on any atom is 0.129 e. The van der Waals surface area contributed by atoms with Gasteiger partial charge in [0.25, 0.3) is 0 Å². The van der Waals surface area contributed by atoms with Crippen LogP contribution in [0, 0.1) is 11.2 Å². The summed E-state index contributed by atoms with van der Waals surface area (Å²) in [6.45, 7) is 0.344. The Morgan fingerprint density at radius 2 is 1.76 bits per heavy atom. The molecule has 1 aliphatic carbocycles. The highest BCUT2D eigenvalue weighted by Gasteiger charge is 2.41. The van der Waals surface area contributed by atoms with Crippen molar-refractivity contribution in [2.45, 2.75) is 25.4 Å². The van der Waals surface area contributed by atoms with Gasteiger partial charge in [-0.15, -0.1) is 0 Å². The third-order valence-electron chi connectivity index (χ3n) is 4.74. The van der Waals surface area contributed by atoms with Gasteiger partial charge in [-0.1, -0.05) is 42.5 Å². The molecule has 1 aliphatic rings. The van der Waals surface area contributed by atoms with Crippen LogP contribution in [0.2, 0.25) is 0 Å². The average Bonchev–Trinajstić information content (AvgIpc) is 2.54. The third-order valence-corrected chi connectivity index (χ3v) is 4.74. The summed E-state index contributed by atoms with van der Waals surface area (Å²) < 4.78 is 14.0. The summed E-state index contributed by atoms with van der Waals surface area (Å²) in [6, 6.07) is 14.7. The van der Waals surface area contributed by atoms with Gasteiger partial charge in [0.15, 0.2) is 0 Å². The van der Waals surface area contributed by atoms with Crippen LogP contribution in [0.15, 0.2) is 48.5 Å². The van der Waals surface area contributed by atoms with Crippen LogP contribution in [0.1, 0.15) is 29.2 Å². The molecule has 0 saturated carbocycles. The van der Waals surface area contributed by atoms with E-state index in [9.17, 15) is 9.50 Å². The van der Waals surface area contributed by atoms with Crippen LogP contribution in [0.3, 0.4) is 0 Å². The quantitative estimate of drug-likeness (QED) is 0.910. The van der Waals surface area contributed by atoms with Crippen molar-refractivity contribution in [3.63, 3.8) is 0 Å². The van der Waals surface area contributed by atoms with Gasteiger partial charge >= 0.3 is 0 Å². The molecule has 0 heterocycles. The highest BCUT2D eigenvalue weighted by molar-refractivity contribution is 5.33. The van der Waals surface area contributed by atoms with Crippen LogP contribution >= 0.6 is 0 Å². The van der Waals surface area contributed by atoms with Crippen molar-refractivity contribution in [2.24, 2.45) is 11.1 Å². The lowest BCUT2D eigenvalue weighted by molar-refractivity contribution is 0.0152. The Morgan fingerprint density at radius 1 is 1.10 bits per heavy atom. The third kappa shape index (κ3) is 2.47. The predicted molar refractivity (Wildman–Crippen MR) is 81.3 cm³/mol. The zero-order valence-electron chi connectivity index (χ0n) is 11.9. The lowest BCUT2D eigenvalue weighted by Gasteiger charge is -2.41. The Morgan fingerprint density at radius 3 is 2.48 bits per heavy atom. The van der Waals surface area contributed by atoms with E-state index < -0.39 is 11.5 Å². The van der Waals surface area contributed by atoms with E-state index in [-0.39, 0.29) is 5.82 Å². The Bertz CT molecular complexity index is 643. The summed E-state index contributed by atoms with van der Waals surface area (Å²) in [5, 5.41) is 10.8. The number of fused-ring (bicyclic) bond motifs is 1. The summed E-state index contributed by atoms with van der Waals surface area (Å²) in [7, 11) is 0. The monoisotopic (exact) mass is 285 g/mol. The molecule has 0 bridgehead atoms. The number of benzene rings is 2. The van der Waals surface area contributed by atoms with Crippen molar-refractivity contribution in [1.29, 1.82) is 0 Å². The van der Waals surface area contributed by atoms with Crippen LogP contribution in [0.4, 0.5) is 4.39 Å². The molecule has 21 heavy (non-hydrogen) atoms. The van der Waals surface area contributed by atoms with Gasteiger partial charge < -0.3 is 10.8 Å². The summed E-state index contributed by atoms with van der Waals surface area (Å²) in [4.78, 5) is 0. The van der Waals surface area contributed by atoms with Gasteiger partial charge in [0.2, 0.25) is 0 Å². The normalized spacial score (nSPS) is 22.6. The molecule has 0 aromatic heterocycles. The van der Waals surface area contributed by atoms with E-state index in [4.69, 9.17) is 5.73 Å². The number of aliphatic hydroxyl groups excluding tert-OH is 1. The Hall–Kier alpha value is -1.71. The number of hydrogen-bond donors (Lipinski definition) is 2. The molecule has 0 saturated heterocycles. The highest BCUT2D eigenvalue weighted by atomic mass is 19.1. The largest absolute Gasteiger partial charge is 0.388 e. The van der Waals surface area contributed by atoms with Crippen LogP contribution in [0.5, 0.6) is 0 Å². The van der Waals surface area contributed by atoms with Gasteiger partial charge in [-0.25, -0.2) is 4.39 Å². The van der Waals surface area contributed by atoms with Gasteiger partial charge in [0.05, 0.1) is 6.10 Å². The zero-order valence-corrected chi connectivity index (χ0v) is 11.9. The van der Waals surface area contributed by atoms with Gasteiger partial charge in [-0.3, -0.25) is 0 Å². The van der Waals surface area contributed by atoms with Gasteiger partial charge in [-0.05, 0) is 36.5 Å². The van der Waals surface area contributed by atoms with Gasteiger partial charge in [-0.2, -0.15) is 0 Å². The molecule has 110 valence electrons. The molecule has 0 spiro atoms. The fourth-order valence-corrected chi connectivity index (χ4v) is 3.37. The second kappa shape index (κ2) is 5.58. The average molecular weight is 285 g/mol. The molecular weight excluding hydrogens is 265 g/mol. The van der Waals surface area contributed by atoms with Gasteiger partial charge in [0, 0.05) is 17.5 Å². The lowest BCUT2D eigenvalue weighted by atomic mass is 9.66. The minimum atomic E-state index is -0.878. The van der Waals surface area contributed by atoms with Crippen molar-refractivity contribution in [3.8, 4) is 0 Å². The smallest absolute Gasteiger partial charge is 0.129 e. The summed E-state index contributed by atoms with van der Waals surface area (Å²) in [5.74, 6) is -0.364. The SMILES string of the molecule is NCC1(C(O)c2ccccc2F)CCc2ccccc2C1. The standard InChI is InChI=1S/C18H20FNO/c19-16-8-4-3-7-15(16)17(21)18(12-20)10-9-13-5-1-2-6-14(13)11-18/h1-8,17,21H,9-12,20H2. The van der Waals surface area contributed by atoms with E-state index in [0.717, 1.165) is 12.8 Å². The van der Waals surface area contributed by atoms with Crippen molar-refractivity contribution >= 4 is 0 Å². The van der Waals surface area contributed by atoms with E-state index in [1.165, 1.54) is 17.2 Å². The first-order chi connectivity index (χ1) is 10.2. The molecule has 0 radical (unpaired) electrons. The number of aliphatic hydroxyl groups is 1. The Balaban J connectivity index is 1.97. The molecule has 2 aromatic carbocycles. The second-order valence-electron chi connectivity index (χ2n) is 5.94. The van der Waals surface area contributed by atoms with E-state index >= 15 is 0 Å². The maximum atomic E-state index is 14.0. The van der Waals surface area contributed by atoms with E-state index in [1.807, 2.05) is 12.1 Å². The molecule has 3 rings (SSSR count). The zero-order chi connectivity index (χ0) is 14.9. The number of hydrogen-bond acceptors (Lipinski definition) is 2. The van der Waals surface area contributed by atoms with Crippen molar-refractivity contribution in [2.75, 3.05) is 6.54 Å². The molecule has 3 heteroatoms. The molecule has 2 nitrogen and oxygen atoms in total. The highest BCUT2D eigenvalue weighted by Crippen LogP contribution is 2.44. The topological polar surface area (TPSA) is 46.2 Å². The molecule has 0 fully saturated rings. The first kappa shape index (κ1) is 14.2. The Labute approximate surface area is 124 Å².